The highest BCUT2D eigenvalue weighted by Gasteiger charge is 2.27. The van der Waals surface area contributed by atoms with Gasteiger partial charge < -0.3 is 19.8 Å². The van der Waals surface area contributed by atoms with Gasteiger partial charge in [-0.3, -0.25) is 13.8 Å². The first kappa shape index (κ1) is 57.2. The molecular formula is C51H88N2O6P+. The van der Waals surface area contributed by atoms with Crippen molar-refractivity contribution >= 4 is 13.7 Å². The maximum atomic E-state index is 12.9. The summed E-state index contributed by atoms with van der Waals surface area (Å²) in [5.41, 5.74) is 0. The van der Waals surface area contributed by atoms with Gasteiger partial charge in [0.05, 0.1) is 39.9 Å². The van der Waals surface area contributed by atoms with E-state index >= 15 is 0 Å². The Morgan fingerprint density at radius 2 is 1.02 bits per heavy atom. The number of nitrogens with one attached hydrogen (secondary N) is 1. The maximum absolute atomic E-state index is 12.9. The molecule has 0 radical (unpaired) electrons. The summed E-state index contributed by atoms with van der Waals surface area (Å²) in [7, 11) is 1.49. The number of aliphatic hydroxyl groups excluding tert-OH is 1. The lowest BCUT2D eigenvalue weighted by atomic mass is 10.1. The zero-order valence-electron chi connectivity index (χ0n) is 38.6. The first-order valence-corrected chi connectivity index (χ1v) is 24.8. The normalized spacial score (nSPS) is 15.2. The monoisotopic (exact) mass is 856 g/mol. The van der Waals surface area contributed by atoms with Crippen LogP contribution in [-0.2, 0) is 18.4 Å². The molecule has 0 aromatic carbocycles. The minimum absolute atomic E-state index is 0.0383. The largest absolute Gasteiger partial charge is 0.472 e. The molecule has 3 atom stereocenters. The molecule has 0 saturated carbocycles. The number of hydrogen-bond acceptors (Lipinski definition) is 5. The first-order chi connectivity index (χ1) is 29.0. The van der Waals surface area contributed by atoms with Gasteiger partial charge in [-0.25, -0.2) is 4.57 Å². The van der Waals surface area contributed by atoms with Crippen molar-refractivity contribution in [3.05, 3.63) is 109 Å². The van der Waals surface area contributed by atoms with Gasteiger partial charge in [0.25, 0.3) is 0 Å². The zero-order valence-corrected chi connectivity index (χ0v) is 39.5. The van der Waals surface area contributed by atoms with Gasteiger partial charge in [0.15, 0.2) is 0 Å². The van der Waals surface area contributed by atoms with Crippen molar-refractivity contribution in [2.75, 3.05) is 40.9 Å². The van der Waals surface area contributed by atoms with Crippen LogP contribution in [0.5, 0.6) is 0 Å². The van der Waals surface area contributed by atoms with E-state index < -0.39 is 20.0 Å². The van der Waals surface area contributed by atoms with Gasteiger partial charge in [-0.1, -0.05) is 162 Å². The fourth-order valence-electron chi connectivity index (χ4n) is 5.78. The van der Waals surface area contributed by atoms with E-state index in [-0.39, 0.29) is 25.5 Å². The molecule has 1 amide bonds. The van der Waals surface area contributed by atoms with E-state index in [1.807, 2.05) is 27.2 Å². The molecule has 9 heteroatoms. The number of amides is 1. The average molecular weight is 856 g/mol. The average Bonchev–Trinajstić information content (AvgIpc) is 3.20. The quantitative estimate of drug-likeness (QED) is 0.0245. The Labute approximate surface area is 368 Å². The van der Waals surface area contributed by atoms with E-state index in [0.717, 1.165) is 77.0 Å². The van der Waals surface area contributed by atoms with Crippen LogP contribution in [0.25, 0.3) is 0 Å². The maximum Gasteiger partial charge on any atom is 0.472 e. The summed E-state index contributed by atoms with van der Waals surface area (Å²) in [6.07, 6.45) is 60.2. The number of unbranched alkanes of at least 4 members (excludes halogenated alkanes) is 11. The Bertz CT molecular complexity index is 1340. The summed E-state index contributed by atoms with van der Waals surface area (Å²) in [6.45, 7) is 4.60. The lowest BCUT2D eigenvalue weighted by Gasteiger charge is -2.25. The smallest absolute Gasteiger partial charge is 0.387 e. The summed E-state index contributed by atoms with van der Waals surface area (Å²) in [6, 6.07) is -0.900. The molecule has 0 aromatic heterocycles. The van der Waals surface area contributed by atoms with Crippen LogP contribution >= 0.6 is 7.82 Å². The minimum Gasteiger partial charge on any atom is -0.387 e. The van der Waals surface area contributed by atoms with Crippen LogP contribution in [0.4, 0.5) is 0 Å². The third kappa shape index (κ3) is 43.3. The molecule has 0 saturated heterocycles. The van der Waals surface area contributed by atoms with Gasteiger partial charge in [0, 0.05) is 6.42 Å². The standard InChI is InChI=1S/C51H87N2O6P/c1-6-8-10-12-14-16-18-20-22-24-25-26-27-29-31-33-35-37-39-41-43-45-51(55)52-49(48-59-60(56,57)58-47-46-53(3,4)5)50(54)44-42-40-38-36-34-32-30-28-23-21-19-17-15-13-11-9-7-2/h8,10,14,16,20,22-23,25-26,28-29,31,34-37,42,44,49-50,54H,6-7,9,11-13,15,17-19,21,24,27,30,32-33,38-41,43,45-48H2,1-5H3,(H-,52,55,56,57)/p+1/b10-8-,16-14-,22-20-,26-25-,28-23+,31-29-,36-34+,37-35-,44-42+. The van der Waals surface area contributed by atoms with Gasteiger partial charge in [0.1, 0.15) is 13.2 Å². The van der Waals surface area contributed by atoms with Crippen molar-refractivity contribution in [1.29, 1.82) is 0 Å². The van der Waals surface area contributed by atoms with Crippen LogP contribution < -0.4 is 5.32 Å². The van der Waals surface area contributed by atoms with Crippen LogP contribution in [0.1, 0.15) is 155 Å². The van der Waals surface area contributed by atoms with Gasteiger partial charge in [-0.15, -0.1) is 0 Å². The number of hydrogen-bond donors (Lipinski definition) is 3. The van der Waals surface area contributed by atoms with Crippen molar-refractivity contribution in [1.82, 2.24) is 5.32 Å². The Morgan fingerprint density at radius 3 is 1.53 bits per heavy atom. The number of phosphoric acid groups is 1. The molecule has 0 bridgehead atoms. The van der Waals surface area contributed by atoms with E-state index in [9.17, 15) is 19.4 Å². The third-order valence-corrected chi connectivity index (χ3v) is 10.4. The number of carbonyl (C=O) groups is 1. The highest BCUT2D eigenvalue weighted by molar-refractivity contribution is 7.47. The second kappa shape index (κ2) is 41.5. The summed E-state index contributed by atoms with van der Waals surface area (Å²) in [5, 5.41) is 13.8. The van der Waals surface area contributed by atoms with Crippen molar-refractivity contribution in [2.45, 2.75) is 167 Å². The Kier molecular flexibility index (Phi) is 39.5. The van der Waals surface area contributed by atoms with Crippen molar-refractivity contribution in [2.24, 2.45) is 0 Å². The summed E-state index contributed by atoms with van der Waals surface area (Å²) >= 11 is 0. The van der Waals surface area contributed by atoms with Crippen molar-refractivity contribution in [3.8, 4) is 0 Å². The Balaban J connectivity index is 4.59. The molecule has 0 aromatic rings. The molecule has 0 aliphatic rings. The number of phosphoric ester groups is 1. The van der Waals surface area contributed by atoms with E-state index in [1.165, 1.54) is 51.4 Å². The van der Waals surface area contributed by atoms with Crippen LogP contribution in [0, 0.1) is 0 Å². The number of aliphatic hydroxyl groups is 1. The Morgan fingerprint density at radius 1 is 0.583 bits per heavy atom. The second-order valence-corrected chi connectivity index (χ2v) is 17.8. The number of rotatable bonds is 40. The number of nitrogens with zero attached hydrogens (tertiary/aromatic N) is 1. The molecular weight excluding hydrogens is 768 g/mol. The highest BCUT2D eigenvalue weighted by atomic mass is 31.2. The van der Waals surface area contributed by atoms with Gasteiger partial charge in [0.2, 0.25) is 5.91 Å². The molecule has 3 N–H and O–H groups in total. The van der Waals surface area contributed by atoms with Crippen LogP contribution in [0.2, 0.25) is 0 Å². The van der Waals surface area contributed by atoms with E-state index in [2.05, 4.69) is 116 Å². The number of allylic oxidation sites excluding steroid dienone is 17. The SMILES string of the molecule is CC/C=C\C/C=C\C/C=C\C/C=C\C/C=C\C/C=C\CCCCC(=O)NC(COP(=O)(O)OCC[N+](C)(C)C)C(O)/C=C/CC/C=C/CC/C=C/CCCCCCCCC. The fourth-order valence-corrected chi connectivity index (χ4v) is 6.52. The topological polar surface area (TPSA) is 105 Å². The van der Waals surface area contributed by atoms with Gasteiger partial charge in [-0.2, -0.15) is 0 Å². The molecule has 0 aliphatic carbocycles. The molecule has 0 fully saturated rings. The van der Waals surface area contributed by atoms with Crippen molar-refractivity contribution < 1.29 is 32.9 Å². The Hall–Kier alpha value is -2.84. The number of carbonyl (C=O) groups excluding carboxylic acids is 1. The molecule has 60 heavy (non-hydrogen) atoms. The fraction of sp³-hybridized carbons (Fsp3) is 0.627. The number of quaternary nitrogens is 1. The third-order valence-electron chi connectivity index (χ3n) is 9.45. The highest BCUT2D eigenvalue weighted by Crippen LogP contribution is 2.43. The number of likely N-dealkylation sites (N-methyl/N-ethyl adjacent to an activating group) is 1. The lowest BCUT2D eigenvalue weighted by Crippen LogP contribution is -2.45. The van der Waals surface area contributed by atoms with Crippen LogP contribution in [0.3, 0.4) is 0 Å². The molecule has 0 rings (SSSR count). The summed E-state index contributed by atoms with van der Waals surface area (Å²) in [4.78, 5) is 23.1. The van der Waals surface area contributed by atoms with Crippen LogP contribution in [-0.4, -0.2) is 73.4 Å². The van der Waals surface area contributed by atoms with Crippen molar-refractivity contribution in [3.63, 3.8) is 0 Å². The minimum atomic E-state index is -4.37. The van der Waals surface area contributed by atoms with Gasteiger partial charge >= 0.3 is 7.82 Å². The van der Waals surface area contributed by atoms with Crippen LogP contribution in [0.15, 0.2) is 109 Å². The predicted octanol–water partition coefficient (Wildman–Crippen LogP) is 13.3. The first-order valence-electron chi connectivity index (χ1n) is 23.3. The molecule has 0 spiro atoms. The second-order valence-electron chi connectivity index (χ2n) is 16.4. The summed E-state index contributed by atoms with van der Waals surface area (Å²) < 4.78 is 23.5. The predicted molar refractivity (Wildman–Crippen MR) is 258 cm³/mol. The lowest BCUT2D eigenvalue weighted by molar-refractivity contribution is -0.870. The molecule has 342 valence electrons. The summed E-state index contributed by atoms with van der Waals surface area (Å²) in [5.74, 6) is -0.239. The van der Waals surface area contributed by atoms with E-state index in [4.69, 9.17) is 9.05 Å². The zero-order chi connectivity index (χ0) is 44.3. The van der Waals surface area contributed by atoms with E-state index in [1.54, 1.807) is 6.08 Å². The molecule has 0 aliphatic heterocycles. The molecule has 3 unspecified atom stereocenters. The molecule has 8 nitrogen and oxygen atoms in total. The molecule has 0 heterocycles. The van der Waals surface area contributed by atoms with Gasteiger partial charge in [-0.05, 0) is 96.3 Å². The van der Waals surface area contributed by atoms with E-state index in [0.29, 0.717) is 17.4 Å².